The zero-order valence-corrected chi connectivity index (χ0v) is 11.4. The Balaban J connectivity index is 2.05. The molecular weight excluding hydrogens is 264 g/mol. The summed E-state index contributed by atoms with van der Waals surface area (Å²) in [5, 5.41) is 0.620. The number of anilines is 1. The Morgan fingerprint density at radius 2 is 2.21 bits per heavy atom. The number of hydrogen-bond donors (Lipinski definition) is 1. The number of nitrogen functional groups attached to an aromatic ring is 1. The normalized spacial score (nSPS) is 10.4. The van der Waals surface area contributed by atoms with E-state index in [0.717, 1.165) is 5.56 Å². The van der Waals surface area contributed by atoms with Gasteiger partial charge in [-0.15, -0.1) is 0 Å². The van der Waals surface area contributed by atoms with Gasteiger partial charge in [0, 0.05) is 17.8 Å². The van der Waals surface area contributed by atoms with Gasteiger partial charge in [-0.1, -0.05) is 23.7 Å². The number of halogens is 1. The van der Waals surface area contributed by atoms with E-state index in [1.54, 1.807) is 29.0 Å². The van der Waals surface area contributed by atoms with Crippen molar-refractivity contribution >= 4 is 23.3 Å². The molecule has 0 radical (unpaired) electrons. The molecule has 4 nitrogen and oxygen atoms in total. The average Bonchev–Trinajstić information content (AvgIpc) is 2.77. The Labute approximate surface area is 116 Å². The largest absolute Gasteiger partial charge is 0.456 e. The van der Waals surface area contributed by atoms with Gasteiger partial charge in [0.1, 0.15) is 12.3 Å². The van der Waals surface area contributed by atoms with E-state index in [1.807, 2.05) is 19.1 Å². The van der Waals surface area contributed by atoms with Crippen LogP contribution in [-0.2, 0) is 17.9 Å². The molecule has 5 heteroatoms. The third-order valence-electron chi connectivity index (χ3n) is 2.73. The lowest BCUT2D eigenvalue weighted by molar-refractivity contribution is 0.0460. The lowest BCUT2D eigenvalue weighted by atomic mass is 10.2. The van der Waals surface area contributed by atoms with Crippen LogP contribution in [0.5, 0.6) is 0 Å². The minimum Gasteiger partial charge on any atom is -0.456 e. The first-order valence-corrected chi connectivity index (χ1v) is 6.35. The summed E-state index contributed by atoms with van der Waals surface area (Å²) in [4.78, 5) is 12.0. The van der Waals surface area contributed by atoms with Crippen LogP contribution >= 0.6 is 11.6 Å². The van der Waals surface area contributed by atoms with Crippen LogP contribution in [0.4, 0.5) is 5.69 Å². The second-order valence-corrected chi connectivity index (χ2v) is 4.59. The second kappa shape index (κ2) is 5.80. The van der Waals surface area contributed by atoms with E-state index >= 15 is 0 Å². The number of carbonyl (C=O) groups excluding carboxylic acids is 1. The van der Waals surface area contributed by atoms with Crippen molar-refractivity contribution in [1.29, 1.82) is 0 Å². The highest BCUT2D eigenvalue weighted by Gasteiger charge is 2.13. The summed E-state index contributed by atoms with van der Waals surface area (Å²) < 4.78 is 7.01. The van der Waals surface area contributed by atoms with Gasteiger partial charge < -0.3 is 15.0 Å². The molecule has 0 amide bonds. The van der Waals surface area contributed by atoms with E-state index in [2.05, 4.69) is 0 Å². The van der Waals surface area contributed by atoms with Gasteiger partial charge in [0.25, 0.3) is 0 Å². The standard InChI is InChI=1S/C14H15ClN2O2/c1-2-17-8-12(16)7-13(17)14(18)19-9-10-4-3-5-11(15)6-10/h3-8H,2,9,16H2,1H3. The van der Waals surface area contributed by atoms with Crippen LogP contribution in [0, 0.1) is 0 Å². The molecule has 2 N–H and O–H groups in total. The highest BCUT2D eigenvalue weighted by molar-refractivity contribution is 6.30. The van der Waals surface area contributed by atoms with Gasteiger partial charge in [-0.05, 0) is 30.7 Å². The average molecular weight is 279 g/mol. The molecule has 0 aliphatic carbocycles. The Morgan fingerprint density at radius 1 is 1.42 bits per heavy atom. The molecule has 19 heavy (non-hydrogen) atoms. The van der Waals surface area contributed by atoms with Gasteiger partial charge in [0.05, 0.1) is 5.69 Å². The number of benzene rings is 1. The van der Waals surface area contributed by atoms with E-state index in [9.17, 15) is 4.79 Å². The Morgan fingerprint density at radius 3 is 2.89 bits per heavy atom. The van der Waals surface area contributed by atoms with Crippen molar-refractivity contribution in [3.8, 4) is 0 Å². The molecule has 1 aromatic carbocycles. The molecule has 1 heterocycles. The molecular formula is C14H15ClN2O2. The van der Waals surface area contributed by atoms with Crippen molar-refractivity contribution in [2.75, 3.05) is 5.73 Å². The van der Waals surface area contributed by atoms with Gasteiger partial charge in [-0.25, -0.2) is 4.79 Å². The molecule has 0 unspecified atom stereocenters. The minimum absolute atomic E-state index is 0.189. The molecule has 2 rings (SSSR count). The zero-order chi connectivity index (χ0) is 13.8. The van der Waals surface area contributed by atoms with E-state index in [4.69, 9.17) is 22.1 Å². The molecule has 0 bridgehead atoms. The van der Waals surface area contributed by atoms with Crippen molar-refractivity contribution in [2.45, 2.75) is 20.1 Å². The van der Waals surface area contributed by atoms with Crippen molar-refractivity contribution in [2.24, 2.45) is 0 Å². The van der Waals surface area contributed by atoms with E-state index < -0.39 is 5.97 Å². The molecule has 100 valence electrons. The number of rotatable bonds is 4. The second-order valence-electron chi connectivity index (χ2n) is 4.15. The van der Waals surface area contributed by atoms with Crippen LogP contribution < -0.4 is 5.73 Å². The molecule has 0 aliphatic rings. The van der Waals surface area contributed by atoms with Crippen LogP contribution in [0.2, 0.25) is 5.02 Å². The van der Waals surface area contributed by atoms with Crippen molar-refractivity contribution < 1.29 is 9.53 Å². The van der Waals surface area contributed by atoms with Gasteiger partial charge >= 0.3 is 5.97 Å². The molecule has 2 aromatic rings. The predicted molar refractivity (Wildman–Crippen MR) is 75.1 cm³/mol. The summed E-state index contributed by atoms with van der Waals surface area (Å²) in [6, 6.07) is 8.83. The van der Waals surface area contributed by atoms with Crippen LogP contribution in [0.15, 0.2) is 36.5 Å². The predicted octanol–water partition coefficient (Wildman–Crippen LogP) is 3.10. The maximum atomic E-state index is 12.0. The van der Waals surface area contributed by atoms with Gasteiger partial charge in [-0.3, -0.25) is 0 Å². The van der Waals surface area contributed by atoms with Crippen molar-refractivity contribution in [1.82, 2.24) is 4.57 Å². The fourth-order valence-corrected chi connectivity index (χ4v) is 2.03. The Kier molecular flexibility index (Phi) is 4.12. The molecule has 0 fully saturated rings. The van der Waals surface area contributed by atoms with Gasteiger partial charge in [0.15, 0.2) is 0 Å². The molecule has 0 saturated heterocycles. The maximum Gasteiger partial charge on any atom is 0.355 e. The summed E-state index contributed by atoms with van der Waals surface area (Å²) in [6.45, 7) is 2.79. The number of aromatic nitrogens is 1. The molecule has 0 spiro atoms. The summed E-state index contributed by atoms with van der Waals surface area (Å²) in [5.74, 6) is -0.390. The van der Waals surface area contributed by atoms with Crippen LogP contribution in [0.25, 0.3) is 0 Å². The maximum absolute atomic E-state index is 12.0. The van der Waals surface area contributed by atoms with Gasteiger partial charge in [-0.2, -0.15) is 0 Å². The van der Waals surface area contributed by atoms with Crippen molar-refractivity contribution in [3.63, 3.8) is 0 Å². The molecule has 0 atom stereocenters. The zero-order valence-electron chi connectivity index (χ0n) is 10.6. The van der Waals surface area contributed by atoms with Crippen LogP contribution in [0.1, 0.15) is 23.0 Å². The number of ether oxygens (including phenoxy) is 1. The van der Waals surface area contributed by atoms with Crippen LogP contribution in [0.3, 0.4) is 0 Å². The highest BCUT2D eigenvalue weighted by Crippen LogP contribution is 2.15. The first kappa shape index (κ1) is 13.5. The fraction of sp³-hybridized carbons (Fsp3) is 0.214. The molecule has 0 aliphatic heterocycles. The first-order chi connectivity index (χ1) is 9.10. The first-order valence-electron chi connectivity index (χ1n) is 5.97. The SMILES string of the molecule is CCn1cc(N)cc1C(=O)OCc1cccc(Cl)c1. The molecule has 0 saturated carbocycles. The van der Waals surface area contributed by atoms with E-state index in [1.165, 1.54) is 0 Å². The lowest BCUT2D eigenvalue weighted by Gasteiger charge is -2.07. The number of nitrogens with two attached hydrogens (primary N) is 1. The third-order valence-corrected chi connectivity index (χ3v) is 2.96. The smallest absolute Gasteiger partial charge is 0.355 e. The number of esters is 1. The van der Waals surface area contributed by atoms with Crippen LogP contribution in [-0.4, -0.2) is 10.5 Å². The monoisotopic (exact) mass is 278 g/mol. The Bertz CT molecular complexity index is 593. The fourth-order valence-electron chi connectivity index (χ4n) is 1.81. The summed E-state index contributed by atoms with van der Waals surface area (Å²) >= 11 is 5.87. The quantitative estimate of drug-likeness (QED) is 0.874. The summed E-state index contributed by atoms with van der Waals surface area (Å²) in [5.41, 5.74) is 7.54. The summed E-state index contributed by atoms with van der Waals surface area (Å²) in [7, 11) is 0. The minimum atomic E-state index is -0.390. The van der Waals surface area contributed by atoms with E-state index in [0.29, 0.717) is 22.9 Å². The Hall–Kier alpha value is -1.94. The third kappa shape index (κ3) is 3.29. The van der Waals surface area contributed by atoms with Crippen molar-refractivity contribution in [3.05, 3.63) is 52.8 Å². The number of carbonyl (C=O) groups is 1. The number of aryl methyl sites for hydroxylation is 1. The van der Waals surface area contributed by atoms with Gasteiger partial charge in [0.2, 0.25) is 0 Å². The molecule has 1 aromatic heterocycles. The lowest BCUT2D eigenvalue weighted by Crippen LogP contribution is -2.11. The summed E-state index contributed by atoms with van der Waals surface area (Å²) in [6.07, 6.45) is 1.72. The number of hydrogen-bond acceptors (Lipinski definition) is 3. The van der Waals surface area contributed by atoms with E-state index in [-0.39, 0.29) is 6.61 Å². The highest BCUT2D eigenvalue weighted by atomic mass is 35.5. The topological polar surface area (TPSA) is 57.2 Å². The number of nitrogens with zero attached hydrogens (tertiary/aromatic N) is 1.